The Morgan fingerprint density at radius 2 is 0.417 bits per heavy atom. The third-order valence-electron chi connectivity index (χ3n) is 1.25. The number of alkyl halides is 12. The summed E-state index contributed by atoms with van der Waals surface area (Å²) < 4.78 is 101. The minimum Gasteiger partial charge on any atom is -0.563 e. The van der Waals surface area contributed by atoms with Crippen LogP contribution in [0.4, 0.5) is 0 Å². The molecule has 0 bridgehead atoms. The molecule has 0 aromatic rings. The van der Waals surface area contributed by atoms with E-state index < -0.39 is 82.0 Å². The summed E-state index contributed by atoms with van der Waals surface area (Å²) >= 11 is 59.5. The summed E-state index contributed by atoms with van der Waals surface area (Å²) in [6.45, 7) is 0. The van der Waals surface area contributed by atoms with Crippen molar-refractivity contribution in [1.29, 1.82) is 0 Å². The van der Waals surface area contributed by atoms with Crippen molar-refractivity contribution >= 4 is 205 Å². The Kier molecular flexibility index (Phi) is 59.5. The molecule has 0 spiro atoms. The summed E-state index contributed by atoms with van der Waals surface area (Å²) in [5.74, 6) is 0. The maximum atomic E-state index is 10.3. The van der Waals surface area contributed by atoms with E-state index >= 15 is 0 Å². The van der Waals surface area contributed by atoms with E-state index in [4.69, 9.17) is 139 Å². The van der Waals surface area contributed by atoms with Gasteiger partial charge in [0.15, 0.2) is 0 Å². The van der Waals surface area contributed by atoms with E-state index in [1.54, 1.807) is 0 Å². The zero-order chi connectivity index (χ0) is 36.3. The van der Waals surface area contributed by atoms with Crippen LogP contribution in [0.25, 0.3) is 0 Å². The Morgan fingerprint density at radius 3 is 0.479 bits per heavy atom. The third kappa shape index (κ3) is 78.2. The van der Waals surface area contributed by atoms with Crippen LogP contribution in [0.1, 0.15) is 0 Å². The average Bonchev–Trinajstić information content (AvgIpc) is 2.60. The molecule has 0 aromatic carbocycles. The van der Waals surface area contributed by atoms with Gasteiger partial charge >= 0.3 is 200 Å². The molecule has 8 unspecified atom stereocenters. The van der Waals surface area contributed by atoms with E-state index in [0.717, 1.165) is 0 Å². The largest absolute Gasteiger partial charge is 1.00 e. The van der Waals surface area contributed by atoms with Gasteiger partial charge in [-0.2, -0.15) is 0 Å². The van der Waals surface area contributed by atoms with Crippen LogP contribution in [0.2, 0.25) is 0 Å². The molecule has 0 saturated carbocycles. The molecule has 20 nitrogen and oxygen atoms in total. The fraction of sp³-hybridized carbons (Fsp3) is 1.00. The zero-order valence-corrected chi connectivity index (χ0v) is 46.5. The fourth-order valence-corrected chi connectivity index (χ4v) is 5.60. The van der Waals surface area contributed by atoms with Gasteiger partial charge in [-0.1, -0.05) is 18.1 Å². The predicted octanol–water partition coefficient (Wildman–Crippen LogP) is -3.89. The monoisotopic (exact) mass is 1130 g/mol. The molecule has 0 saturated heterocycles. The molecule has 0 rings (SSSR count). The fourth-order valence-electron chi connectivity index (χ4n) is 0.622. The van der Waals surface area contributed by atoms with Gasteiger partial charge in [0.25, 0.3) is 0 Å². The van der Waals surface area contributed by atoms with Crippen molar-refractivity contribution < 1.29 is 210 Å². The van der Waals surface area contributed by atoms with Gasteiger partial charge in [-0.05, 0) is 157 Å². The van der Waals surface area contributed by atoms with Crippen LogP contribution in [0.15, 0.2) is 0 Å². The summed E-state index contributed by atoms with van der Waals surface area (Å²) in [7, 11) is -24.9. The first-order chi connectivity index (χ1) is 19.2. The first-order valence-electron chi connectivity index (χ1n) is 7.47. The Morgan fingerprint density at radius 1 is 0.312 bits per heavy atom. The smallest absolute Gasteiger partial charge is 0.563 e. The van der Waals surface area contributed by atoms with Gasteiger partial charge in [-0.3, -0.25) is 0 Å². The van der Waals surface area contributed by atoms with Gasteiger partial charge in [-0.15, -0.1) is 0 Å². The Bertz CT molecular complexity index is 880. The molecule has 0 aromatic heterocycles. The molecule has 0 fully saturated rings. The van der Waals surface area contributed by atoms with Gasteiger partial charge in [0.1, 0.15) is 17.2 Å². The van der Waals surface area contributed by atoms with E-state index in [1.807, 2.05) is 0 Å². The molecular formula is C4Cl12Na4O20P8+8. The number of halogens is 12. The Balaban J connectivity index is -0.0000000721. The molecule has 8 atom stereocenters. The number of hydrogen-bond acceptors (Lipinski definition) is 20. The van der Waals surface area contributed by atoms with Gasteiger partial charge in [0, 0.05) is 18.3 Å². The van der Waals surface area contributed by atoms with Crippen molar-refractivity contribution in [2.24, 2.45) is 0 Å². The number of hydrogen-bond donors (Lipinski definition) is 0. The second-order valence-electron chi connectivity index (χ2n) is 4.26. The standard InChI is InChI=1S/4CCl3O5P2.4Na/c4*2-1(3,4)8-11(7)9-10(5)6;;;;/q8*+1. The Hall–Kier alpha value is 7.80. The summed E-state index contributed by atoms with van der Waals surface area (Å²) in [5.41, 5.74) is 0. The van der Waals surface area contributed by atoms with Crippen molar-refractivity contribution in [1.82, 2.24) is 0 Å². The topological polar surface area (TPSA) is 303 Å². The quantitative estimate of drug-likeness (QED) is 0.102. The summed E-state index contributed by atoms with van der Waals surface area (Å²) in [4.78, 5) is 38.9. The normalized spacial score (nSPS) is 13.3. The van der Waals surface area contributed by atoms with Gasteiger partial charge in [0.05, 0.1) is 0 Å². The SMILES string of the molecule is O=[P+]([O-])O[P+](=O)OC(Cl)(Cl)Cl.O=[P+]([O-])O[P+](=O)OC(Cl)(Cl)Cl.O=[P+]([O-])O[P+](=O)OC(Cl)(Cl)Cl.O=[P+]([O-])O[P+](=O)OC(Cl)(Cl)Cl.[Na+].[Na+].[Na+].[Na+]. The molecule has 0 aliphatic carbocycles. The second-order valence-corrected chi connectivity index (χ2v) is 19.9. The first kappa shape index (κ1) is 73.3. The molecule has 0 heterocycles. The maximum absolute atomic E-state index is 10.3. The molecule has 0 radical (unpaired) electrons. The van der Waals surface area contributed by atoms with Crippen LogP contribution in [0, 0.1) is 0 Å². The summed E-state index contributed by atoms with van der Waals surface area (Å²) in [6.07, 6.45) is 0. The minimum absolute atomic E-state index is 0. The third-order valence-corrected chi connectivity index (χ3v) is 9.42. The minimum atomic E-state index is -3.28. The molecule has 0 aliphatic heterocycles. The van der Waals surface area contributed by atoms with Crippen LogP contribution in [0.3, 0.4) is 0 Å². The average molecular weight is 1130 g/mol. The van der Waals surface area contributed by atoms with Gasteiger partial charge < -0.3 is 19.6 Å². The molecule has 256 valence electrons. The van der Waals surface area contributed by atoms with E-state index in [-0.39, 0.29) is 118 Å². The predicted molar refractivity (Wildman–Crippen MR) is 151 cm³/mol. The molecule has 48 heavy (non-hydrogen) atoms. The van der Waals surface area contributed by atoms with Gasteiger partial charge in [0.2, 0.25) is 0 Å². The van der Waals surface area contributed by atoms with Crippen LogP contribution in [-0.2, 0) is 71.9 Å². The number of rotatable bonds is 12. The van der Waals surface area contributed by atoms with E-state index in [1.165, 1.54) is 0 Å². The molecule has 0 amide bonds. The van der Waals surface area contributed by atoms with Crippen LogP contribution in [0.5, 0.6) is 0 Å². The van der Waals surface area contributed by atoms with Crippen LogP contribution in [-0.4, -0.2) is 15.9 Å². The molecule has 44 heteroatoms. The van der Waals surface area contributed by atoms with Crippen molar-refractivity contribution in [3.63, 3.8) is 0 Å². The van der Waals surface area contributed by atoms with Crippen molar-refractivity contribution in [2.45, 2.75) is 15.9 Å². The van der Waals surface area contributed by atoms with Crippen molar-refractivity contribution in [2.75, 3.05) is 0 Å². The molecule has 0 aliphatic rings. The summed E-state index contributed by atoms with van der Waals surface area (Å²) in [6, 6.07) is 0. The van der Waals surface area contributed by atoms with Crippen LogP contribution < -0.4 is 138 Å². The van der Waals surface area contributed by atoms with E-state index in [2.05, 4.69) is 35.3 Å². The van der Waals surface area contributed by atoms with Crippen molar-refractivity contribution in [3.8, 4) is 0 Å². The van der Waals surface area contributed by atoms with Crippen molar-refractivity contribution in [3.05, 3.63) is 0 Å². The first-order valence-corrected chi connectivity index (χ1v) is 20.8. The maximum Gasteiger partial charge on any atom is 1.00 e. The Labute approximate surface area is 423 Å². The van der Waals surface area contributed by atoms with Crippen LogP contribution >= 0.6 is 205 Å². The summed E-state index contributed by atoms with van der Waals surface area (Å²) in [5, 5.41) is 0. The van der Waals surface area contributed by atoms with E-state index in [0.29, 0.717) is 0 Å². The van der Waals surface area contributed by atoms with E-state index in [9.17, 15) is 56.1 Å². The molecule has 0 N–H and O–H groups in total. The zero-order valence-electron chi connectivity index (χ0n) is 22.3. The van der Waals surface area contributed by atoms with Gasteiger partial charge in [-0.25, -0.2) is 0 Å². The second kappa shape index (κ2) is 39.0. The molecular weight excluding hydrogens is 1130 g/mol.